The lowest BCUT2D eigenvalue weighted by molar-refractivity contribution is -0.366. The minimum Gasteiger partial charge on any atom is -0.462 e. The zero-order valence-electron chi connectivity index (χ0n) is 47.8. The largest absolute Gasteiger partial charge is 0.462 e. The first-order valence-electron chi connectivity index (χ1n) is 28.9. The number of aliphatic hydroxyl groups excluding tert-OH is 11. The monoisotopic (exact) mass is 1150 g/mol. The van der Waals surface area contributed by atoms with Crippen molar-refractivity contribution in [2.45, 2.75) is 268 Å². The van der Waals surface area contributed by atoms with E-state index < -0.39 is 181 Å². The molecule has 30 unspecified atom stereocenters. The predicted octanol–water partition coefficient (Wildman–Crippen LogP) is -0.980. The third-order valence-corrected chi connectivity index (χ3v) is 21.6. The van der Waals surface area contributed by atoms with Gasteiger partial charge < -0.3 is 109 Å². The average molecular weight is 1150 g/mol. The fourth-order valence-electron chi connectivity index (χ4n) is 17.5. The summed E-state index contributed by atoms with van der Waals surface area (Å²) < 4.78 is 61.4. The molecular formula is C56H92O24. The van der Waals surface area contributed by atoms with E-state index in [1.807, 2.05) is 0 Å². The van der Waals surface area contributed by atoms with E-state index in [0.29, 0.717) is 32.1 Å². The topological polar surface area (TPSA) is 369 Å². The van der Waals surface area contributed by atoms with Crippen molar-refractivity contribution in [3.05, 3.63) is 0 Å². The lowest BCUT2D eigenvalue weighted by Crippen LogP contribution is -2.65. The Hall–Kier alpha value is -1.86. The van der Waals surface area contributed by atoms with Crippen LogP contribution in [0.15, 0.2) is 0 Å². The van der Waals surface area contributed by atoms with Gasteiger partial charge in [0.15, 0.2) is 31.3 Å². The number of carbonyl (C=O) groups excluding carboxylic acids is 2. The van der Waals surface area contributed by atoms with E-state index in [1.54, 1.807) is 13.8 Å². The maximum absolute atomic E-state index is 13.2. The molecule has 30 atom stereocenters. The highest BCUT2D eigenvalue weighted by atomic mass is 16.8. The van der Waals surface area contributed by atoms with Gasteiger partial charge in [0.05, 0.1) is 49.8 Å². The number of ether oxygens (including phenoxy) is 10. The van der Waals surface area contributed by atoms with Crippen LogP contribution in [0.1, 0.15) is 127 Å². The van der Waals surface area contributed by atoms with Crippen molar-refractivity contribution in [1.29, 1.82) is 0 Å². The summed E-state index contributed by atoms with van der Waals surface area (Å²) in [5, 5.41) is 131. The normalized spacial score (nSPS) is 51.6. The molecule has 0 aromatic carbocycles. The molecular weight excluding hydrogens is 1060 g/mol. The van der Waals surface area contributed by atoms with E-state index in [1.165, 1.54) is 20.8 Å². The number of rotatable bonds is 16. The summed E-state index contributed by atoms with van der Waals surface area (Å²) in [6.07, 6.45) is -24.0. The number of hydrogen-bond donors (Lipinski definition) is 12. The zero-order chi connectivity index (χ0) is 58.7. The molecule has 9 aliphatic rings. The van der Waals surface area contributed by atoms with E-state index in [2.05, 4.69) is 34.6 Å². The third kappa shape index (κ3) is 10.6. The van der Waals surface area contributed by atoms with Crippen LogP contribution in [0.3, 0.4) is 0 Å². The Morgan fingerprint density at radius 1 is 0.650 bits per heavy atom. The van der Waals surface area contributed by atoms with Crippen molar-refractivity contribution >= 4 is 11.9 Å². The van der Waals surface area contributed by atoms with Crippen LogP contribution in [-0.4, -0.2) is 234 Å². The summed E-state index contributed by atoms with van der Waals surface area (Å²) in [7, 11) is 0. The number of carbonyl (C=O) groups is 2. The molecule has 460 valence electrons. The second kappa shape index (κ2) is 22.8. The van der Waals surface area contributed by atoms with E-state index in [4.69, 9.17) is 47.4 Å². The quantitative estimate of drug-likeness (QED) is 0.0653. The molecule has 2 spiro atoms. The summed E-state index contributed by atoms with van der Waals surface area (Å²) in [5.41, 5.74) is -3.90. The Bertz CT molecular complexity index is 2180. The first kappa shape index (κ1) is 62.7. The molecule has 4 saturated heterocycles. The second-order valence-corrected chi connectivity index (χ2v) is 27.0. The molecule has 24 nitrogen and oxygen atoms in total. The van der Waals surface area contributed by atoms with Crippen molar-refractivity contribution in [2.24, 2.45) is 50.7 Å². The van der Waals surface area contributed by atoms with Crippen molar-refractivity contribution < 1.29 is 118 Å². The summed E-state index contributed by atoms with van der Waals surface area (Å²) in [4.78, 5) is 24.8. The minimum atomic E-state index is -1.73. The van der Waals surface area contributed by atoms with Gasteiger partial charge in [0, 0.05) is 19.8 Å². The highest BCUT2D eigenvalue weighted by Gasteiger charge is 2.85. The Labute approximate surface area is 467 Å². The van der Waals surface area contributed by atoms with Crippen LogP contribution in [-0.2, 0) is 57.0 Å². The number of esters is 2. The molecule has 0 aromatic heterocycles. The fraction of sp³-hybridized carbons (Fsp3) is 0.964. The Morgan fingerprint density at radius 3 is 1.90 bits per heavy atom. The Balaban J connectivity index is 1.01. The Kier molecular flexibility index (Phi) is 17.8. The third-order valence-electron chi connectivity index (χ3n) is 21.6. The maximum atomic E-state index is 13.2. The Morgan fingerprint density at radius 2 is 1.26 bits per heavy atom. The van der Waals surface area contributed by atoms with Crippen LogP contribution < -0.4 is 0 Å². The lowest BCUT2D eigenvalue weighted by Gasteiger charge is -2.65. The van der Waals surface area contributed by atoms with Crippen LogP contribution in [0.4, 0.5) is 0 Å². The molecule has 4 heterocycles. The first-order chi connectivity index (χ1) is 37.3. The van der Waals surface area contributed by atoms with E-state index in [9.17, 15) is 70.9 Å². The maximum Gasteiger partial charge on any atom is 0.303 e. The average Bonchev–Trinajstić information content (AvgIpc) is 3.97. The predicted molar refractivity (Wildman–Crippen MR) is 273 cm³/mol. The summed E-state index contributed by atoms with van der Waals surface area (Å²) in [5.74, 6) is -1.83. The lowest BCUT2D eigenvalue weighted by atomic mass is 9.41. The van der Waals surface area contributed by atoms with Gasteiger partial charge in [-0.25, -0.2) is 0 Å². The van der Waals surface area contributed by atoms with Crippen LogP contribution in [0.5, 0.6) is 0 Å². The van der Waals surface area contributed by atoms with Gasteiger partial charge in [0.1, 0.15) is 79.4 Å². The van der Waals surface area contributed by atoms with Gasteiger partial charge in [-0.2, -0.15) is 0 Å². The smallest absolute Gasteiger partial charge is 0.303 e. The molecule has 5 aliphatic carbocycles. The van der Waals surface area contributed by atoms with Gasteiger partial charge >= 0.3 is 11.9 Å². The first-order valence-corrected chi connectivity index (χ1v) is 28.9. The number of fused-ring (bicyclic) bond motifs is 2. The molecule has 4 aliphatic heterocycles. The second-order valence-electron chi connectivity index (χ2n) is 27.0. The van der Waals surface area contributed by atoms with Crippen LogP contribution in [0.25, 0.3) is 0 Å². The van der Waals surface area contributed by atoms with Gasteiger partial charge in [0.25, 0.3) is 0 Å². The highest BCUT2D eigenvalue weighted by molar-refractivity contribution is 5.66. The standard InChI is InChI=1S/C56H92O24/c1-23(11-12-34(52(7,8)70)79-47-42(67)39(64)31(21-72-47)75-26(4)59)35-29(74-25(3)58)18-54(10)32-17-28(76-49-44(69)41(66)38(63)30(19-57)77-49)46-51(5,6)33(13-14-56(46)22-55(32,56)16-15-53(35,54)9)78-50-45(37(62)27(60)20-71-50)80-48-43(68)40(65)36(61)24(2)73-48/h23-24,27-50,57,60-70H,11-22H2,1-10H3. The fourth-order valence-corrected chi connectivity index (χ4v) is 17.5. The molecule has 9 rings (SSSR count). The van der Waals surface area contributed by atoms with Gasteiger partial charge in [-0.15, -0.1) is 0 Å². The van der Waals surface area contributed by atoms with Crippen molar-refractivity contribution in [3.63, 3.8) is 0 Å². The molecule has 80 heavy (non-hydrogen) atoms. The van der Waals surface area contributed by atoms with Gasteiger partial charge in [-0.05, 0) is 123 Å². The van der Waals surface area contributed by atoms with Crippen molar-refractivity contribution in [1.82, 2.24) is 0 Å². The zero-order valence-corrected chi connectivity index (χ0v) is 47.8. The molecule has 24 heteroatoms. The van der Waals surface area contributed by atoms with Gasteiger partial charge in [-0.1, -0.05) is 34.6 Å². The number of aliphatic hydroxyl groups is 12. The molecule has 0 aromatic rings. The van der Waals surface area contributed by atoms with Crippen LogP contribution >= 0.6 is 0 Å². The van der Waals surface area contributed by atoms with E-state index in [0.717, 1.165) is 19.3 Å². The molecule has 12 N–H and O–H groups in total. The summed E-state index contributed by atoms with van der Waals surface area (Å²) >= 11 is 0. The molecule has 9 fully saturated rings. The molecule has 0 bridgehead atoms. The van der Waals surface area contributed by atoms with E-state index in [-0.39, 0.29) is 48.7 Å². The molecule has 5 saturated carbocycles. The van der Waals surface area contributed by atoms with Crippen LogP contribution in [0, 0.1) is 50.7 Å². The molecule has 0 amide bonds. The summed E-state index contributed by atoms with van der Waals surface area (Å²) in [6.45, 7) is 16.8. The number of hydrogen-bond acceptors (Lipinski definition) is 24. The van der Waals surface area contributed by atoms with E-state index >= 15 is 0 Å². The summed E-state index contributed by atoms with van der Waals surface area (Å²) in [6, 6.07) is 0. The highest BCUT2D eigenvalue weighted by Crippen LogP contribution is 2.89. The van der Waals surface area contributed by atoms with Gasteiger partial charge in [-0.3, -0.25) is 9.59 Å². The van der Waals surface area contributed by atoms with Crippen molar-refractivity contribution in [3.8, 4) is 0 Å². The SMILES string of the molecule is CC(=O)OC1COC(OC(CCC(C)C2C(OC(C)=O)CC3(C)C4CC(OC5OC(CO)C(O)C(O)C5O)C5C(C)(C)C(OC6OCC(O)C(O)C6OC6OC(C)C(O)C(O)C6O)CCC56CC46CCC23C)C(C)(C)O)C(O)C1O. The van der Waals surface area contributed by atoms with Crippen molar-refractivity contribution in [2.75, 3.05) is 19.8 Å². The minimum absolute atomic E-state index is 0.0719. The molecule has 0 radical (unpaired) electrons. The van der Waals surface area contributed by atoms with Crippen LogP contribution in [0.2, 0.25) is 0 Å². The van der Waals surface area contributed by atoms with Gasteiger partial charge in [0.2, 0.25) is 0 Å².